The summed E-state index contributed by atoms with van der Waals surface area (Å²) < 4.78 is 37.9. The zero-order valence-corrected chi connectivity index (χ0v) is 18.0. The summed E-state index contributed by atoms with van der Waals surface area (Å²) in [6, 6.07) is 13.2. The van der Waals surface area contributed by atoms with Crippen molar-refractivity contribution in [3.05, 3.63) is 54.1 Å². The Balaban J connectivity index is 1.66. The third-order valence-corrected chi connectivity index (χ3v) is 6.80. The largest absolute Gasteiger partial charge is 0.490 e. The van der Waals surface area contributed by atoms with Crippen LogP contribution in [0.3, 0.4) is 0 Å². The monoisotopic (exact) mass is 432 g/mol. The molecule has 0 atom stereocenters. The first-order chi connectivity index (χ1) is 14.5. The molecule has 0 aliphatic carbocycles. The van der Waals surface area contributed by atoms with E-state index in [2.05, 4.69) is 5.32 Å². The number of carbonyl (C=O) groups excluding carboxylic acids is 1. The smallest absolute Gasteiger partial charge is 0.259 e. The van der Waals surface area contributed by atoms with E-state index in [0.717, 1.165) is 19.3 Å². The molecule has 1 aliphatic rings. The van der Waals surface area contributed by atoms with Crippen LogP contribution < -0.4 is 10.1 Å². The summed E-state index contributed by atoms with van der Waals surface area (Å²) >= 11 is 0. The lowest BCUT2D eigenvalue weighted by atomic mass is 10.2. The van der Waals surface area contributed by atoms with Crippen molar-refractivity contribution in [3.63, 3.8) is 0 Å². The van der Waals surface area contributed by atoms with Crippen LogP contribution in [0.1, 0.15) is 36.5 Å². The second-order valence-corrected chi connectivity index (χ2v) is 8.92. The van der Waals surface area contributed by atoms with Crippen LogP contribution in [-0.2, 0) is 14.8 Å². The summed E-state index contributed by atoms with van der Waals surface area (Å²) in [5.74, 6) is 0.146. The van der Waals surface area contributed by atoms with Gasteiger partial charge in [-0.2, -0.15) is 4.31 Å². The van der Waals surface area contributed by atoms with Gasteiger partial charge >= 0.3 is 0 Å². The first-order valence-electron chi connectivity index (χ1n) is 10.2. The van der Waals surface area contributed by atoms with Gasteiger partial charge in [0.25, 0.3) is 5.91 Å². The minimum Gasteiger partial charge on any atom is -0.490 e. The Labute approximate surface area is 178 Å². The van der Waals surface area contributed by atoms with Crippen LogP contribution in [0, 0.1) is 0 Å². The molecule has 0 saturated carbocycles. The van der Waals surface area contributed by atoms with E-state index in [-0.39, 0.29) is 10.8 Å². The molecule has 0 radical (unpaired) electrons. The third-order valence-electron chi connectivity index (χ3n) is 4.89. The lowest BCUT2D eigenvalue weighted by Crippen LogP contribution is -2.35. The molecule has 0 unspecified atom stereocenters. The Hall–Kier alpha value is -2.42. The SMILES string of the molecule is CCOCCOc1ccccc1C(=O)Nc1ccc(S(=O)(=O)N2CCCCC2)cc1. The summed E-state index contributed by atoms with van der Waals surface area (Å²) in [6.45, 7) is 4.42. The molecular weight excluding hydrogens is 404 g/mol. The van der Waals surface area contributed by atoms with Crippen LogP contribution in [0.15, 0.2) is 53.4 Å². The molecule has 0 bridgehead atoms. The summed E-state index contributed by atoms with van der Waals surface area (Å²) in [6.07, 6.45) is 2.84. The zero-order chi connectivity index (χ0) is 21.4. The average Bonchev–Trinajstić information content (AvgIpc) is 2.78. The van der Waals surface area contributed by atoms with Crippen LogP contribution in [-0.4, -0.2) is 51.5 Å². The highest BCUT2D eigenvalue weighted by molar-refractivity contribution is 7.89. The molecule has 2 aromatic rings. The number of benzene rings is 2. The Morgan fingerprint density at radius 2 is 1.70 bits per heavy atom. The van der Waals surface area contributed by atoms with E-state index in [1.807, 2.05) is 6.92 Å². The predicted molar refractivity (Wildman–Crippen MR) is 115 cm³/mol. The van der Waals surface area contributed by atoms with Gasteiger partial charge < -0.3 is 14.8 Å². The summed E-state index contributed by atoms with van der Waals surface area (Å²) in [7, 11) is -3.49. The van der Waals surface area contributed by atoms with E-state index >= 15 is 0 Å². The van der Waals surface area contributed by atoms with Crippen molar-refractivity contribution in [2.45, 2.75) is 31.1 Å². The van der Waals surface area contributed by atoms with Gasteiger partial charge in [0.2, 0.25) is 10.0 Å². The van der Waals surface area contributed by atoms with Gasteiger partial charge in [0, 0.05) is 25.4 Å². The van der Waals surface area contributed by atoms with Gasteiger partial charge in [-0.1, -0.05) is 18.6 Å². The van der Waals surface area contributed by atoms with Gasteiger partial charge in [-0.3, -0.25) is 4.79 Å². The number of rotatable bonds is 9. The number of para-hydroxylation sites is 1. The molecule has 1 fully saturated rings. The lowest BCUT2D eigenvalue weighted by Gasteiger charge is -2.25. The molecule has 1 heterocycles. The number of nitrogens with one attached hydrogen (secondary N) is 1. The number of carbonyl (C=O) groups is 1. The molecule has 1 amide bonds. The molecule has 30 heavy (non-hydrogen) atoms. The van der Waals surface area contributed by atoms with Crippen molar-refractivity contribution in [1.29, 1.82) is 0 Å². The molecule has 0 aromatic heterocycles. The maximum atomic E-state index is 12.7. The maximum Gasteiger partial charge on any atom is 0.259 e. The van der Waals surface area contributed by atoms with Crippen molar-refractivity contribution in [3.8, 4) is 5.75 Å². The fourth-order valence-electron chi connectivity index (χ4n) is 3.30. The highest BCUT2D eigenvalue weighted by Gasteiger charge is 2.25. The standard InChI is InChI=1S/C22H28N2O5S/c1-2-28-16-17-29-21-9-5-4-8-20(21)22(25)23-18-10-12-19(13-11-18)30(26,27)24-14-6-3-7-15-24/h4-5,8-13H,2-3,6-7,14-17H2,1H3,(H,23,25). The van der Waals surface area contributed by atoms with Crippen molar-refractivity contribution >= 4 is 21.6 Å². The average molecular weight is 433 g/mol. The van der Waals surface area contributed by atoms with Gasteiger partial charge in [0.15, 0.2) is 0 Å². The number of anilines is 1. The van der Waals surface area contributed by atoms with Crippen LogP contribution in [0.25, 0.3) is 0 Å². The third kappa shape index (κ3) is 5.59. The van der Waals surface area contributed by atoms with E-state index in [1.54, 1.807) is 36.4 Å². The van der Waals surface area contributed by atoms with Crippen molar-refractivity contribution in [1.82, 2.24) is 4.31 Å². The number of ether oxygens (including phenoxy) is 2. The summed E-state index contributed by atoms with van der Waals surface area (Å²) in [5.41, 5.74) is 0.917. The van der Waals surface area contributed by atoms with E-state index in [4.69, 9.17) is 9.47 Å². The molecule has 7 nitrogen and oxygen atoms in total. The van der Waals surface area contributed by atoms with Crippen LogP contribution >= 0.6 is 0 Å². The topological polar surface area (TPSA) is 84.9 Å². The second kappa shape index (κ2) is 10.6. The molecule has 1 N–H and O–H groups in total. The predicted octanol–water partition coefficient (Wildman–Crippen LogP) is 3.53. The number of nitrogens with zero attached hydrogens (tertiary/aromatic N) is 1. The Kier molecular flexibility index (Phi) is 7.84. The maximum absolute atomic E-state index is 12.7. The van der Waals surface area contributed by atoms with E-state index in [1.165, 1.54) is 16.4 Å². The molecule has 0 spiro atoms. The number of hydrogen-bond donors (Lipinski definition) is 1. The van der Waals surface area contributed by atoms with Gasteiger partial charge in [0.05, 0.1) is 17.1 Å². The fraction of sp³-hybridized carbons (Fsp3) is 0.409. The first-order valence-corrected chi connectivity index (χ1v) is 11.7. The highest BCUT2D eigenvalue weighted by atomic mass is 32.2. The second-order valence-electron chi connectivity index (χ2n) is 6.98. The number of sulfonamides is 1. The minimum atomic E-state index is -3.49. The van der Waals surface area contributed by atoms with Crippen LogP contribution in [0.5, 0.6) is 5.75 Å². The van der Waals surface area contributed by atoms with Gasteiger partial charge in [-0.25, -0.2) is 8.42 Å². The number of hydrogen-bond acceptors (Lipinski definition) is 5. The fourth-order valence-corrected chi connectivity index (χ4v) is 4.82. The molecule has 1 aliphatic heterocycles. The van der Waals surface area contributed by atoms with Crippen molar-refractivity contribution in [2.24, 2.45) is 0 Å². The lowest BCUT2D eigenvalue weighted by molar-refractivity contribution is 0.0998. The van der Waals surface area contributed by atoms with E-state index in [9.17, 15) is 13.2 Å². The number of amides is 1. The molecular formula is C22H28N2O5S. The Morgan fingerprint density at radius 3 is 2.40 bits per heavy atom. The normalized spacial score (nSPS) is 15.0. The zero-order valence-electron chi connectivity index (χ0n) is 17.2. The number of piperidine rings is 1. The molecule has 3 rings (SSSR count). The quantitative estimate of drug-likeness (QED) is 0.613. The summed E-state index contributed by atoms with van der Waals surface area (Å²) in [4.78, 5) is 12.9. The van der Waals surface area contributed by atoms with E-state index < -0.39 is 10.0 Å². The van der Waals surface area contributed by atoms with Crippen molar-refractivity contribution in [2.75, 3.05) is 38.2 Å². The van der Waals surface area contributed by atoms with Crippen LogP contribution in [0.2, 0.25) is 0 Å². The Morgan fingerprint density at radius 1 is 1.00 bits per heavy atom. The minimum absolute atomic E-state index is 0.238. The Bertz CT molecular complexity index is 938. The highest BCUT2D eigenvalue weighted by Crippen LogP contribution is 2.23. The first kappa shape index (κ1) is 22.3. The van der Waals surface area contributed by atoms with Gasteiger partial charge in [-0.15, -0.1) is 0 Å². The van der Waals surface area contributed by atoms with Gasteiger partial charge in [0.1, 0.15) is 12.4 Å². The molecule has 2 aromatic carbocycles. The van der Waals surface area contributed by atoms with Gasteiger partial charge in [-0.05, 0) is 56.2 Å². The molecule has 8 heteroatoms. The molecule has 162 valence electrons. The van der Waals surface area contributed by atoms with Crippen LogP contribution in [0.4, 0.5) is 5.69 Å². The summed E-state index contributed by atoms with van der Waals surface area (Å²) in [5, 5.41) is 2.80. The van der Waals surface area contributed by atoms with Crippen molar-refractivity contribution < 1.29 is 22.7 Å². The van der Waals surface area contributed by atoms with E-state index in [0.29, 0.717) is 49.9 Å². The molecule has 1 saturated heterocycles.